The number of nitrogens with one attached hydrogen (secondary N) is 1. The summed E-state index contributed by atoms with van der Waals surface area (Å²) in [7, 11) is 0. The van der Waals surface area contributed by atoms with E-state index in [4.69, 9.17) is 28.9 Å². The first kappa shape index (κ1) is 19.1. The second kappa shape index (κ2) is 7.94. The Morgan fingerprint density at radius 1 is 1.30 bits per heavy atom. The van der Waals surface area contributed by atoms with Crippen molar-refractivity contribution in [2.24, 2.45) is 0 Å². The second-order valence-electron chi connectivity index (χ2n) is 5.99. The first-order chi connectivity index (χ1) is 12.9. The third-order valence-corrected chi connectivity index (χ3v) is 4.49. The molecule has 0 unspecified atom stereocenters. The summed E-state index contributed by atoms with van der Waals surface area (Å²) in [5.41, 5.74) is 6.10. The van der Waals surface area contributed by atoms with E-state index in [1.165, 1.54) is 12.3 Å². The molecular formula is C18H17Cl2N5O2. The van der Waals surface area contributed by atoms with Crippen LogP contribution in [-0.4, -0.2) is 32.3 Å². The standard InChI is InChI=1S/C18H17Cl2N5O2/c1-2-5-25(18(27)10-6-13(20)16(21)22-8-10)9-15-23-14-7-11(19)3-4-12(14)17(26)24-15/h3-4,6-8H,2,5,9H2,1H3,(H2,21,22)(H,23,24,26). The predicted octanol–water partition coefficient (Wildman–Crippen LogP) is 3.26. The van der Waals surface area contributed by atoms with Gasteiger partial charge in [0.1, 0.15) is 11.6 Å². The number of aromatic nitrogens is 3. The molecule has 2 aromatic heterocycles. The number of hydrogen-bond donors (Lipinski definition) is 2. The molecule has 0 spiro atoms. The van der Waals surface area contributed by atoms with Crippen molar-refractivity contribution in [2.75, 3.05) is 12.3 Å². The number of carbonyl (C=O) groups excluding carboxylic acids is 1. The number of carbonyl (C=O) groups is 1. The number of anilines is 1. The minimum atomic E-state index is -0.284. The van der Waals surface area contributed by atoms with Crippen LogP contribution in [0.2, 0.25) is 10.0 Å². The van der Waals surface area contributed by atoms with Crippen LogP contribution in [0.15, 0.2) is 35.3 Å². The molecule has 27 heavy (non-hydrogen) atoms. The van der Waals surface area contributed by atoms with Gasteiger partial charge in [0.2, 0.25) is 0 Å². The number of halogens is 2. The van der Waals surface area contributed by atoms with Gasteiger partial charge in [0.25, 0.3) is 11.5 Å². The van der Waals surface area contributed by atoms with Crippen molar-refractivity contribution in [3.05, 3.63) is 62.2 Å². The molecule has 1 amide bonds. The molecule has 2 heterocycles. The maximum atomic E-state index is 12.9. The number of aromatic amines is 1. The predicted molar refractivity (Wildman–Crippen MR) is 106 cm³/mol. The summed E-state index contributed by atoms with van der Waals surface area (Å²) >= 11 is 12.0. The van der Waals surface area contributed by atoms with E-state index in [1.54, 1.807) is 23.1 Å². The summed E-state index contributed by atoms with van der Waals surface area (Å²) in [4.78, 5) is 37.8. The van der Waals surface area contributed by atoms with Gasteiger partial charge in [0.05, 0.1) is 28.0 Å². The zero-order valence-electron chi connectivity index (χ0n) is 14.5. The second-order valence-corrected chi connectivity index (χ2v) is 6.84. The van der Waals surface area contributed by atoms with Crippen molar-refractivity contribution in [3.63, 3.8) is 0 Å². The third kappa shape index (κ3) is 4.20. The number of nitrogens with two attached hydrogens (primary N) is 1. The Morgan fingerprint density at radius 2 is 2.07 bits per heavy atom. The minimum Gasteiger partial charge on any atom is -0.382 e. The molecule has 3 N–H and O–H groups in total. The lowest BCUT2D eigenvalue weighted by Gasteiger charge is -2.22. The molecule has 0 saturated heterocycles. The molecule has 0 fully saturated rings. The number of benzene rings is 1. The quantitative estimate of drug-likeness (QED) is 0.677. The smallest absolute Gasteiger partial charge is 0.258 e. The summed E-state index contributed by atoms with van der Waals surface area (Å²) in [5, 5.41) is 1.13. The molecule has 3 aromatic rings. The van der Waals surface area contributed by atoms with Gasteiger partial charge in [-0.1, -0.05) is 30.1 Å². The van der Waals surface area contributed by atoms with Gasteiger partial charge in [-0.25, -0.2) is 9.97 Å². The Balaban J connectivity index is 1.94. The largest absolute Gasteiger partial charge is 0.382 e. The van der Waals surface area contributed by atoms with Gasteiger partial charge < -0.3 is 15.6 Å². The van der Waals surface area contributed by atoms with Crippen LogP contribution in [-0.2, 0) is 6.54 Å². The Labute approximate surface area is 165 Å². The number of amides is 1. The fourth-order valence-corrected chi connectivity index (χ4v) is 3.02. The van der Waals surface area contributed by atoms with Gasteiger partial charge in [0, 0.05) is 17.8 Å². The summed E-state index contributed by atoms with van der Waals surface area (Å²) in [6, 6.07) is 6.34. The first-order valence-electron chi connectivity index (χ1n) is 8.27. The highest BCUT2D eigenvalue weighted by atomic mass is 35.5. The van der Waals surface area contributed by atoms with Crippen molar-refractivity contribution in [1.29, 1.82) is 0 Å². The van der Waals surface area contributed by atoms with E-state index in [1.807, 2.05) is 6.92 Å². The van der Waals surface area contributed by atoms with E-state index in [-0.39, 0.29) is 28.9 Å². The number of nitrogen functional groups attached to an aromatic ring is 1. The molecular weight excluding hydrogens is 389 g/mol. The monoisotopic (exact) mass is 405 g/mol. The van der Waals surface area contributed by atoms with Crippen LogP contribution < -0.4 is 11.3 Å². The van der Waals surface area contributed by atoms with Crippen LogP contribution in [0, 0.1) is 0 Å². The molecule has 0 aliphatic carbocycles. The van der Waals surface area contributed by atoms with Crippen LogP contribution in [0.4, 0.5) is 5.82 Å². The van der Waals surface area contributed by atoms with E-state index in [9.17, 15) is 9.59 Å². The molecule has 3 rings (SSSR count). The Morgan fingerprint density at radius 3 is 2.78 bits per heavy atom. The first-order valence-corrected chi connectivity index (χ1v) is 9.03. The molecule has 7 nitrogen and oxygen atoms in total. The highest BCUT2D eigenvalue weighted by Gasteiger charge is 2.18. The number of pyridine rings is 1. The lowest BCUT2D eigenvalue weighted by molar-refractivity contribution is 0.0738. The maximum Gasteiger partial charge on any atom is 0.258 e. The normalized spacial score (nSPS) is 10.9. The Bertz CT molecular complexity index is 1070. The molecule has 0 bridgehead atoms. The van der Waals surface area contributed by atoms with Crippen LogP contribution in [0.25, 0.3) is 10.9 Å². The van der Waals surface area contributed by atoms with Gasteiger partial charge in [-0.15, -0.1) is 0 Å². The number of H-pyrrole nitrogens is 1. The van der Waals surface area contributed by atoms with Crippen LogP contribution >= 0.6 is 23.2 Å². The number of rotatable bonds is 5. The summed E-state index contributed by atoms with van der Waals surface area (Å²) < 4.78 is 0. The van der Waals surface area contributed by atoms with Gasteiger partial charge >= 0.3 is 0 Å². The highest BCUT2D eigenvalue weighted by molar-refractivity contribution is 6.33. The maximum absolute atomic E-state index is 12.9. The van der Waals surface area contributed by atoms with Crippen LogP contribution in [0.3, 0.4) is 0 Å². The van der Waals surface area contributed by atoms with Crippen molar-refractivity contribution >= 4 is 45.8 Å². The molecule has 9 heteroatoms. The average molecular weight is 406 g/mol. The Hall–Kier alpha value is -2.64. The zero-order chi connectivity index (χ0) is 19.6. The third-order valence-electron chi connectivity index (χ3n) is 3.96. The summed E-state index contributed by atoms with van der Waals surface area (Å²) in [5.74, 6) is 0.249. The number of fused-ring (bicyclic) bond motifs is 1. The average Bonchev–Trinajstić information content (AvgIpc) is 2.62. The summed E-state index contributed by atoms with van der Waals surface area (Å²) in [6.07, 6.45) is 2.11. The molecule has 0 aliphatic rings. The van der Waals surface area contributed by atoms with E-state index in [2.05, 4.69) is 15.0 Å². The fraction of sp³-hybridized carbons (Fsp3) is 0.222. The number of hydrogen-bond acceptors (Lipinski definition) is 5. The van der Waals surface area contributed by atoms with E-state index >= 15 is 0 Å². The lowest BCUT2D eigenvalue weighted by Crippen LogP contribution is -2.33. The van der Waals surface area contributed by atoms with E-state index < -0.39 is 0 Å². The lowest BCUT2D eigenvalue weighted by atomic mass is 10.2. The minimum absolute atomic E-state index is 0.131. The molecule has 140 valence electrons. The number of nitrogens with zero attached hydrogens (tertiary/aromatic N) is 3. The topological polar surface area (TPSA) is 105 Å². The van der Waals surface area contributed by atoms with Gasteiger partial charge in [-0.05, 0) is 30.7 Å². The van der Waals surface area contributed by atoms with E-state index in [0.29, 0.717) is 33.9 Å². The highest BCUT2D eigenvalue weighted by Crippen LogP contribution is 2.19. The molecule has 0 atom stereocenters. The zero-order valence-corrected chi connectivity index (χ0v) is 16.0. The van der Waals surface area contributed by atoms with Gasteiger partial charge in [0.15, 0.2) is 0 Å². The van der Waals surface area contributed by atoms with Crippen LogP contribution in [0.5, 0.6) is 0 Å². The van der Waals surface area contributed by atoms with Crippen molar-refractivity contribution < 1.29 is 4.79 Å². The van der Waals surface area contributed by atoms with Crippen LogP contribution in [0.1, 0.15) is 29.5 Å². The van der Waals surface area contributed by atoms with Gasteiger partial charge in [-0.3, -0.25) is 9.59 Å². The van der Waals surface area contributed by atoms with Crippen molar-refractivity contribution in [2.45, 2.75) is 19.9 Å². The fourth-order valence-electron chi connectivity index (χ4n) is 2.69. The SMILES string of the molecule is CCCN(Cc1nc2cc(Cl)ccc2c(=O)[nH]1)C(=O)c1cnc(N)c(Cl)c1. The molecule has 1 aromatic carbocycles. The molecule has 0 radical (unpaired) electrons. The van der Waals surface area contributed by atoms with Crippen molar-refractivity contribution in [1.82, 2.24) is 19.9 Å². The summed E-state index contributed by atoms with van der Waals surface area (Å²) in [6.45, 7) is 2.55. The van der Waals surface area contributed by atoms with Gasteiger partial charge in [-0.2, -0.15) is 0 Å². The molecule has 0 saturated carbocycles. The van der Waals surface area contributed by atoms with E-state index in [0.717, 1.165) is 6.42 Å². The van der Waals surface area contributed by atoms with Crippen molar-refractivity contribution in [3.8, 4) is 0 Å². The molecule has 0 aliphatic heterocycles. The Kier molecular flexibility index (Phi) is 5.62.